The highest BCUT2D eigenvalue weighted by Crippen LogP contribution is 2.37. The van der Waals surface area contributed by atoms with E-state index in [1.165, 1.54) is 19.1 Å². The van der Waals surface area contributed by atoms with Gasteiger partial charge in [-0.2, -0.15) is 0 Å². The number of anilines is 1. The summed E-state index contributed by atoms with van der Waals surface area (Å²) in [6.07, 6.45) is 1.60. The summed E-state index contributed by atoms with van der Waals surface area (Å²) in [6.45, 7) is 0.320. The van der Waals surface area contributed by atoms with Crippen LogP contribution >= 0.6 is 23.2 Å². The molecule has 10 nitrogen and oxygen atoms in total. The van der Waals surface area contributed by atoms with Gasteiger partial charge in [-0.3, -0.25) is 9.59 Å². The first-order valence-corrected chi connectivity index (χ1v) is 10.7. The average molecular weight is 493 g/mol. The average Bonchev–Trinajstić information content (AvgIpc) is 3.35. The Kier molecular flexibility index (Phi) is 8.45. The van der Waals surface area contributed by atoms with Crippen LogP contribution in [0.4, 0.5) is 5.69 Å². The molecule has 2 N–H and O–H groups in total. The summed E-state index contributed by atoms with van der Waals surface area (Å²) >= 11 is 12.3. The normalized spacial score (nSPS) is 11.5. The molecule has 0 spiro atoms. The molecule has 1 unspecified atom stereocenters. The van der Waals surface area contributed by atoms with Crippen LogP contribution in [-0.2, 0) is 4.79 Å². The van der Waals surface area contributed by atoms with E-state index in [0.717, 1.165) is 0 Å². The first-order chi connectivity index (χ1) is 16.0. The number of aromatic amines is 1. The summed E-state index contributed by atoms with van der Waals surface area (Å²) in [4.78, 5) is 26.2. The number of ether oxygens (including phenoxy) is 2. The fourth-order valence-electron chi connectivity index (χ4n) is 3.33. The van der Waals surface area contributed by atoms with Crippen molar-refractivity contribution in [2.45, 2.75) is 18.9 Å². The highest BCUT2D eigenvalue weighted by Gasteiger charge is 2.23. The predicted octanol–water partition coefficient (Wildman–Crippen LogP) is 3.44. The van der Waals surface area contributed by atoms with E-state index in [-0.39, 0.29) is 15.6 Å². The fraction of sp³-hybridized carbons (Fsp3) is 0.286. The van der Waals surface area contributed by atoms with Crippen molar-refractivity contribution >= 4 is 41.2 Å². The maximum Gasteiger partial charge on any atom is 0.254 e. The second-order valence-corrected chi connectivity index (χ2v) is 7.68. The van der Waals surface area contributed by atoms with E-state index < -0.39 is 11.9 Å². The highest BCUT2D eigenvalue weighted by molar-refractivity contribution is 6.39. The summed E-state index contributed by atoms with van der Waals surface area (Å²) in [5, 5.41) is 17.1. The Morgan fingerprint density at radius 3 is 2.33 bits per heavy atom. The molecule has 12 heteroatoms. The predicted molar refractivity (Wildman–Crippen MR) is 123 cm³/mol. The number of carbonyl (C=O) groups excluding carboxylic acids is 2. The first kappa shape index (κ1) is 24.3. The Morgan fingerprint density at radius 2 is 1.79 bits per heavy atom. The lowest BCUT2D eigenvalue weighted by atomic mass is 10.1. The van der Waals surface area contributed by atoms with Crippen molar-refractivity contribution in [3.05, 3.63) is 57.8 Å². The number of nitrogens with one attached hydrogen (secondary N) is 2. The molecule has 0 saturated heterocycles. The lowest BCUT2D eigenvalue weighted by molar-refractivity contribution is -0.107. The van der Waals surface area contributed by atoms with Gasteiger partial charge in [0.05, 0.1) is 35.9 Å². The largest absolute Gasteiger partial charge is 0.494 e. The SMILES string of the molecule is COc1cccc(OC)c1N(C=O)CCCC(NC(=O)c1c(Cl)cccc1Cl)c1nnn[nH]1. The number of nitrogens with zero attached hydrogens (tertiary/aromatic N) is 4. The van der Waals surface area contributed by atoms with Crippen LogP contribution < -0.4 is 19.7 Å². The Hall–Kier alpha value is -3.37. The highest BCUT2D eigenvalue weighted by atomic mass is 35.5. The Morgan fingerprint density at radius 1 is 1.15 bits per heavy atom. The van der Waals surface area contributed by atoms with Gasteiger partial charge in [-0.25, -0.2) is 5.10 Å². The van der Waals surface area contributed by atoms with Gasteiger partial charge in [0.25, 0.3) is 5.91 Å². The van der Waals surface area contributed by atoms with E-state index in [0.29, 0.717) is 48.8 Å². The minimum Gasteiger partial charge on any atom is -0.494 e. The molecule has 0 fully saturated rings. The Labute approximate surface area is 200 Å². The first-order valence-electron chi connectivity index (χ1n) is 9.91. The van der Waals surface area contributed by atoms with Crippen molar-refractivity contribution in [2.75, 3.05) is 25.7 Å². The van der Waals surface area contributed by atoms with Gasteiger partial charge in [0, 0.05) is 6.54 Å². The van der Waals surface area contributed by atoms with Gasteiger partial charge in [0.15, 0.2) is 5.82 Å². The summed E-state index contributed by atoms with van der Waals surface area (Å²) in [5.74, 6) is 0.892. The van der Waals surface area contributed by atoms with Crippen LogP contribution in [0, 0.1) is 0 Å². The van der Waals surface area contributed by atoms with Crippen LogP contribution in [0.3, 0.4) is 0 Å². The van der Waals surface area contributed by atoms with Gasteiger partial charge in [0.2, 0.25) is 6.41 Å². The Bertz CT molecular complexity index is 1050. The number of halogens is 2. The summed E-state index contributed by atoms with van der Waals surface area (Å²) < 4.78 is 10.8. The molecule has 0 aliphatic heterocycles. The van der Waals surface area contributed by atoms with Crippen LogP contribution in [-0.4, -0.2) is 53.7 Å². The molecule has 3 aromatic rings. The number of rotatable bonds is 11. The van der Waals surface area contributed by atoms with Crippen molar-refractivity contribution in [2.24, 2.45) is 0 Å². The molecule has 2 aromatic carbocycles. The van der Waals surface area contributed by atoms with Crippen LogP contribution in [0.2, 0.25) is 10.0 Å². The molecule has 33 heavy (non-hydrogen) atoms. The smallest absolute Gasteiger partial charge is 0.254 e. The second-order valence-electron chi connectivity index (χ2n) is 6.86. The number of para-hydroxylation sites is 1. The van der Waals surface area contributed by atoms with E-state index in [4.69, 9.17) is 32.7 Å². The van der Waals surface area contributed by atoms with E-state index in [1.807, 2.05) is 0 Å². The maximum absolute atomic E-state index is 12.9. The van der Waals surface area contributed by atoms with Gasteiger partial charge >= 0.3 is 0 Å². The molecule has 0 radical (unpaired) electrons. The molecule has 1 atom stereocenters. The molecule has 3 rings (SSSR count). The molecule has 1 heterocycles. The van der Waals surface area contributed by atoms with Crippen molar-refractivity contribution in [3.8, 4) is 11.5 Å². The monoisotopic (exact) mass is 492 g/mol. The number of methoxy groups -OCH3 is 2. The third-order valence-corrected chi connectivity index (χ3v) is 5.52. The van der Waals surface area contributed by atoms with Crippen LogP contribution in [0.25, 0.3) is 0 Å². The van der Waals surface area contributed by atoms with Gasteiger partial charge in [-0.15, -0.1) is 5.10 Å². The maximum atomic E-state index is 12.9. The van der Waals surface area contributed by atoms with Crippen LogP contribution in [0.15, 0.2) is 36.4 Å². The topological polar surface area (TPSA) is 122 Å². The number of H-pyrrole nitrogens is 1. The fourth-order valence-corrected chi connectivity index (χ4v) is 3.90. The standard InChI is InChI=1S/C21H22Cl2N6O4/c1-32-16-9-4-10-17(33-2)19(16)29(12-30)11-5-8-15(20-25-27-28-26-20)24-21(31)18-13(22)6-3-7-14(18)23/h3-4,6-7,9-10,12,15H,5,8,11H2,1-2H3,(H,24,31)(H,25,26,27,28). The summed E-state index contributed by atoms with van der Waals surface area (Å²) in [7, 11) is 3.03. The van der Waals surface area contributed by atoms with Gasteiger partial charge in [-0.1, -0.05) is 35.3 Å². The number of hydrogen-bond acceptors (Lipinski definition) is 7. The zero-order chi connectivity index (χ0) is 23.8. The molecule has 0 bridgehead atoms. The van der Waals surface area contributed by atoms with Gasteiger partial charge in [-0.05, 0) is 47.5 Å². The number of aromatic nitrogens is 4. The molecular formula is C21H22Cl2N6O4. The summed E-state index contributed by atoms with van der Waals surface area (Å²) in [6, 6.07) is 9.49. The number of hydrogen-bond donors (Lipinski definition) is 2. The van der Waals surface area contributed by atoms with Crippen molar-refractivity contribution in [1.29, 1.82) is 0 Å². The summed E-state index contributed by atoms with van der Waals surface area (Å²) in [5.41, 5.74) is 0.675. The minimum atomic E-state index is -0.576. The van der Waals surface area contributed by atoms with Crippen LogP contribution in [0.1, 0.15) is 35.1 Å². The van der Waals surface area contributed by atoms with E-state index in [2.05, 4.69) is 25.9 Å². The number of amides is 2. The third kappa shape index (κ3) is 5.71. The van der Waals surface area contributed by atoms with Gasteiger partial charge < -0.3 is 19.7 Å². The van der Waals surface area contributed by atoms with E-state index in [9.17, 15) is 9.59 Å². The quantitative estimate of drug-likeness (QED) is 0.393. The second kappa shape index (κ2) is 11.5. The Balaban J connectivity index is 1.75. The van der Waals surface area contributed by atoms with Crippen molar-refractivity contribution in [3.63, 3.8) is 0 Å². The molecule has 1 aromatic heterocycles. The number of tetrazole rings is 1. The molecule has 2 amide bonds. The van der Waals surface area contributed by atoms with E-state index >= 15 is 0 Å². The lowest BCUT2D eigenvalue weighted by Gasteiger charge is -2.23. The van der Waals surface area contributed by atoms with Gasteiger partial charge in [0.1, 0.15) is 17.2 Å². The van der Waals surface area contributed by atoms with Crippen molar-refractivity contribution < 1.29 is 19.1 Å². The van der Waals surface area contributed by atoms with Crippen molar-refractivity contribution in [1.82, 2.24) is 25.9 Å². The number of benzene rings is 2. The molecule has 174 valence electrons. The zero-order valence-electron chi connectivity index (χ0n) is 17.9. The van der Waals surface area contributed by atoms with E-state index in [1.54, 1.807) is 36.4 Å². The number of carbonyl (C=O) groups is 2. The lowest BCUT2D eigenvalue weighted by Crippen LogP contribution is -2.31. The molecular weight excluding hydrogens is 471 g/mol. The minimum absolute atomic E-state index is 0.159. The molecule has 0 aliphatic rings. The molecule has 0 aliphatic carbocycles. The zero-order valence-corrected chi connectivity index (χ0v) is 19.4. The molecule has 0 saturated carbocycles. The third-order valence-electron chi connectivity index (χ3n) is 4.90. The van der Waals surface area contributed by atoms with Crippen LogP contribution in [0.5, 0.6) is 11.5 Å².